The second-order valence-corrected chi connectivity index (χ2v) is 6.27. The quantitative estimate of drug-likeness (QED) is 0.764. The van der Waals surface area contributed by atoms with Gasteiger partial charge in [-0.25, -0.2) is 0 Å². The third-order valence-corrected chi connectivity index (χ3v) is 5.07. The fourth-order valence-corrected chi connectivity index (χ4v) is 3.29. The highest BCUT2D eigenvalue weighted by Crippen LogP contribution is 2.38. The molecular weight excluding hydrogens is 289 g/mol. The third-order valence-electron chi connectivity index (χ3n) is 3.76. The summed E-state index contributed by atoms with van der Waals surface area (Å²) in [5, 5.41) is 4.72. The van der Waals surface area contributed by atoms with Gasteiger partial charge in [0.2, 0.25) is 0 Å². The van der Waals surface area contributed by atoms with Crippen molar-refractivity contribution in [3.05, 3.63) is 33.8 Å². The van der Waals surface area contributed by atoms with Crippen LogP contribution in [0.2, 0.25) is 10.0 Å². The Kier molecular flexibility index (Phi) is 5.20. The molecule has 1 aromatic rings. The molecule has 1 aromatic carbocycles. The normalized spacial score (nSPS) is 18.2. The van der Waals surface area contributed by atoms with Crippen LogP contribution in [-0.2, 0) is 6.54 Å². The predicted molar refractivity (Wildman–Crippen MR) is 79.8 cm³/mol. The molecule has 4 heteroatoms. The van der Waals surface area contributed by atoms with Crippen LogP contribution in [0.4, 0.5) is 0 Å². The first-order valence-electron chi connectivity index (χ1n) is 6.36. The van der Waals surface area contributed by atoms with Gasteiger partial charge in [0.25, 0.3) is 0 Å². The molecular formula is C14H18Cl3N. The van der Waals surface area contributed by atoms with Crippen molar-refractivity contribution in [2.24, 2.45) is 5.41 Å². The van der Waals surface area contributed by atoms with Gasteiger partial charge in [-0.1, -0.05) is 42.1 Å². The zero-order valence-electron chi connectivity index (χ0n) is 10.3. The molecule has 1 fully saturated rings. The van der Waals surface area contributed by atoms with Crippen molar-refractivity contribution in [1.29, 1.82) is 0 Å². The van der Waals surface area contributed by atoms with Crippen LogP contribution in [0.1, 0.15) is 31.2 Å². The van der Waals surface area contributed by atoms with Gasteiger partial charge in [-0.15, -0.1) is 11.6 Å². The minimum atomic E-state index is 0.303. The monoisotopic (exact) mass is 305 g/mol. The van der Waals surface area contributed by atoms with Crippen LogP contribution in [0, 0.1) is 5.41 Å². The first-order valence-corrected chi connectivity index (χ1v) is 7.65. The molecule has 0 aliphatic heterocycles. The molecule has 0 aromatic heterocycles. The van der Waals surface area contributed by atoms with Crippen molar-refractivity contribution in [1.82, 2.24) is 5.32 Å². The van der Waals surface area contributed by atoms with Gasteiger partial charge in [-0.05, 0) is 36.0 Å². The maximum absolute atomic E-state index is 6.11. The summed E-state index contributed by atoms with van der Waals surface area (Å²) < 4.78 is 0. The largest absolute Gasteiger partial charge is 0.312 e. The van der Waals surface area contributed by atoms with Crippen LogP contribution in [0.5, 0.6) is 0 Å². The van der Waals surface area contributed by atoms with Gasteiger partial charge in [0.05, 0.1) is 10.0 Å². The second kappa shape index (κ2) is 6.47. The minimum absolute atomic E-state index is 0.303. The SMILES string of the molecule is ClCC1(CNCc2ccc(Cl)c(Cl)c2)CCCC1. The summed E-state index contributed by atoms with van der Waals surface area (Å²) >= 11 is 18.0. The van der Waals surface area contributed by atoms with Gasteiger partial charge in [-0.3, -0.25) is 0 Å². The Morgan fingerprint density at radius 2 is 1.83 bits per heavy atom. The Labute approximate surface area is 124 Å². The lowest BCUT2D eigenvalue weighted by Crippen LogP contribution is -2.33. The third kappa shape index (κ3) is 3.54. The summed E-state index contributed by atoms with van der Waals surface area (Å²) in [6, 6.07) is 5.76. The van der Waals surface area contributed by atoms with Crippen molar-refractivity contribution in [3.8, 4) is 0 Å². The van der Waals surface area contributed by atoms with E-state index >= 15 is 0 Å². The topological polar surface area (TPSA) is 12.0 Å². The molecule has 1 aliphatic carbocycles. The van der Waals surface area contributed by atoms with Gasteiger partial charge in [0, 0.05) is 19.0 Å². The maximum atomic E-state index is 6.11. The lowest BCUT2D eigenvalue weighted by Gasteiger charge is -2.26. The highest BCUT2D eigenvalue weighted by atomic mass is 35.5. The molecule has 1 aliphatic rings. The van der Waals surface area contributed by atoms with E-state index in [-0.39, 0.29) is 0 Å². The minimum Gasteiger partial charge on any atom is -0.312 e. The van der Waals surface area contributed by atoms with Crippen LogP contribution >= 0.6 is 34.8 Å². The van der Waals surface area contributed by atoms with Gasteiger partial charge in [-0.2, -0.15) is 0 Å². The molecule has 0 radical (unpaired) electrons. The van der Waals surface area contributed by atoms with Gasteiger partial charge in [0.1, 0.15) is 0 Å². The fourth-order valence-electron chi connectivity index (χ4n) is 2.60. The number of hydrogen-bond donors (Lipinski definition) is 1. The average molecular weight is 307 g/mol. The number of hydrogen-bond acceptors (Lipinski definition) is 1. The number of halogens is 3. The van der Waals surface area contributed by atoms with E-state index in [1.165, 1.54) is 25.7 Å². The van der Waals surface area contributed by atoms with E-state index in [1.807, 2.05) is 18.2 Å². The highest BCUT2D eigenvalue weighted by molar-refractivity contribution is 6.42. The van der Waals surface area contributed by atoms with E-state index in [2.05, 4.69) is 5.32 Å². The van der Waals surface area contributed by atoms with Crippen LogP contribution in [0.3, 0.4) is 0 Å². The standard InChI is InChI=1S/C14H18Cl3N/c15-9-14(5-1-2-6-14)10-18-8-11-3-4-12(16)13(17)7-11/h3-4,7,18H,1-2,5-6,8-10H2. The van der Waals surface area contributed by atoms with Crippen LogP contribution in [-0.4, -0.2) is 12.4 Å². The van der Waals surface area contributed by atoms with E-state index < -0.39 is 0 Å². The van der Waals surface area contributed by atoms with E-state index in [0.29, 0.717) is 15.5 Å². The van der Waals surface area contributed by atoms with Crippen molar-refractivity contribution >= 4 is 34.8 Å². The Morgan fingerprint density at radius 3 is 2.44 bits per heavy atom. The molecule has 1 N–H and O–H groups in total. The molecule has 2 rings (SSSR count). The number of nitrogens with one attached hydrogen (secondary N) is 1. The molecule has 0 amide bonds. The Bertz CT molecular complexity index is 400. The molecule has 0 heterocycles. The summed E-state index contributed by atoms with van der Waals surface area (Å²) in [4.78, 5) is 0. The number of rotatable bonds is 5. The van der Waals surface area contributed by atoms with Gasteiger partial charge >= 0.3 is 0 Å². The van der Waals surface area contributed by atoms with E-state index in [1.54, 1.807) is 0 Å². The summed E-state index contributed by atoms with van der Waals surface area (Å²) in [6.07, 6.45) is 5.10. The van der Waals surface area contributed by atoms with E-state index in [4.69, 9.17) is 34.8 Å². The maximum Gasteiger partial charge on any atom is 0.0595 e. The molecule has 0 saturated heterocycles. The van der Waals surface area contributed by atoms with Crippen molar-refractivity contribution < 1.29 is 0 Å². The molecule has 1 saturated carbocycles. The van der Waals surface area contributed by atoms with Crippen LogP contribution in [0.15, 0.2) is 18.2 Å². The van der Waals surface area contributed by atoms with Crippen LogP contribution < -0.4 is 5.32 Å². The predicted octanol–water partition coefficient (Wildman–Crippen LogP) is 4.88. The molecule has 0 spiro atoms. The fraction of sp³-hybridized carbons (Fsp3) is 0.571. The second-order valence-electron chi connectivity index (χ2n) is 5.19. The highest BCUT2D eigenvalue weighted by Gasteiger charge is 2.32. The first kappa shape index (κ1) is 14.5. The smallest absolute Gasteiger partial charge is 0.0595 e. The van der Waals surface area contributed by atoms with Gasteiger partial charge in [0.15, 0.2) is 0 Å². The van der Waals surface area contributed by atoms with Crippen molar-refractivity contribution in [2.75, 3.05) is 12.4 Å². The summed E-state index contributed by atoms with van der Waals surface area (Å²) in [6.45, 7) is 1.80. The van der Waals surface area contributed by atoms with Gasteiger partial charge < -0.3 is 5.32 Å². The zero-order valence-corrected chi connectivity index (χ0v) is 12.6. The molecule has 18 heavy (non-hydrogen) atoms. The van der Waals surface area contributed by atoms with E-state index in [0.717, 1.165) is 24.5 Å². The van der Waals surface area contributed by atoms with E-state index in [9.17, 15) is 0 Å². The molecule has 100 valence electrons. The number of benzene rings is 1. The Morgan fingerprint density at radius 1 is 1.11 bits per heavy atom. The molecule has 0 atom stereocenters. The van der Waals surface area contributed by atoms with Crippen molar-refractivity contribution in [3.63, 3.8) is 0 Å². The molecule has 1 nitrogen and oxygen atoms in total. The van der Waals surface area contributed by atoms with Crippen molar-refractivity contribution in [2.45, 2.75) is 32.2 Å². The summed E-state index contributed by atoms with van der Waals surface area (Å²) in [5.41, 5.74) is 1.46. The zero-order chi connectivity index (χ0) is 13.0. The lowest BCUT2D eigenvalue weighted by molar-refractivity contribution is 0.320. The Balaban J connectivity index is 1.86. The van der Waals surface area contributed by atoms with Crippen LogP contribution in [0.25, 0.3) is 0 Å². The number of alkyl halides is 1. The lowest BCUT2D eigenvalue weighted by atomic mass is 9.88. The summed E-state index contributed by atoms with van der Waals surface area (Å²) in [7, 11) is 0. The molecule has 0 unspecified atom stereocenters. The first-order chi connectivity index (χ1) is 8.65. The molecule has 0 bridgehead atoms. The summed E-state index contributed by atoms with van der Waals surface area (Å²) in [5.74, 6) is 0.751. The Hall–Kier alpha value is 0.0500. The average Bonchev–Trinajstić information content (AvgIpc) is 2.83.